The van der Waals surface area contributed by atoms with Crippen LogP contribution in [0.5, 0.6) is 0 Å². The summed E-state index contributed by atoms with van der Waals surface area (Å²) in [7, 11) is -0.433. The van der Waals surface area contributed by atoms with Gasteiger partial charge in [-0.15, -0.1) is 0 Å². The number of nitrogens with one attached hydrogen (secondary N) is 1. The summed E-state index contributed by atoms with van der Waals surface area (Å²) in [6, 6.07) is 13.5. The summed E-state index contributed by atoms with van der Waals surface area (Å²) >= 11 is 0. The van der Waals surface area contributed by atoms with Crippen molar-refractivity contribution in [3.8, 4) is 0 Å². The normalized spacial score (nSPS) is 13.0. The van der Waals surface area contributed by atoms with Crippen molar-refractivity contribution in [2.45, 2.75) is 24.4 Å². The molecule has 0 heterocycles. The van der Waals surface area contributed by atoms with E-state index in [2.05, 4.69) is 5.32 Å². The van der Waals surface area contributed by atoms with Gasteiger partial charge in [0.1, 0.15) is 0 Å². The van der Waals surface area contributed by atoms with E-state index in [1.54, 1.807) is 42.5 Å². The number of rotatable bonds is 7. The molecule has 134 valence electrons. The number of hydrogen-bond acceptors (Lipinski definition) is 4. The maximum absolute atomic E-state index is 12.1. The van der Waals surface area contributed by atoms with Gasteiger partial charge in [0.2, 0.25) is 10.0 Å². The summed E-state index contributed by atoms with van der Waals surface area (Å²) in [6.45, 7) is 2.48. The third-order valence-corrected chi connectivity index (χ3v) is 5.77. The molecule has 0 fully saturated rings. The molecule has 0 aliphatic heterocycles. The van der Waals surface area contributed by atoms with Crippen molar-refractivity contribution < 1.29 is 18.3 Å². The predicted octanol–water partition coefficient (Wildman–Crippen LogP) is 2.49. The molecule has 2 aromatic carbocycles. The number of carboxylic acids is 1. The highest BCUT2D eigenvalue weighted by Crippen LogP contribution is 2.18. The average molecular weight is 362 g/mol. The first-order chi connectivity index (χ1) is 11.7. The molecule has 0 amide bonds. The minimum absolute atomic E-state index is 0.00963. The zero-order valence-electron chi connectivity index (χ0n) is 14.4. The molecule has 1 atom stereocenters. The summed E-state index contributed by atoms with van der Waals surface area (Å²) in [4.78, 5) is 11.3. The average Bonchev–Trinajstić information content (AvgIpc) is 2.59. The first kappa shape index (κ1) is 19.1. The van der Waals surface area contributed by atoms with Gasteiger partial charge in [-0.1, -0.05) is 24.3 Å². The molecule has 0 bridgehead atoms. The van der Waals surface area contributed by atoms with E-state index in [9.17, 15) is 13.2 Å². The number of carboxylic acid groups (broad SMARTS) is 1. The van der Waals surface area contributed by atoms with Crippen LogP contribution in [0.1, 0.15) is 34.5 Å². The maximum Gasteiger partial charge on any atom is 0.335 e. The van der Waals surface area contributed by atoms with E-state index < -0.39 is 16.0 Å². The molecule has 0 saturated heterocycles. The van der Waals surface area contributed by atoms with Crippen molar-refractivity contribution in [3.05, 3.63) is 65.2 Å². The Bertz CT molecular complexity index is 846. The molecule has 7 heteroatoms. The van der Waals surface area contributed by atoms with Gasteiger partial charge in [0.05, 0.1) is 10.5 Å². The predicted molar refractivity (Wildman–Crippen MR) is 96.0 cm³/mol. The molecule has 2 aromatic rings. The maximum atomic E-state index is 12.1. The number of hydrogen-bond donors (Lipinski definition) is 2. The second kappa shape index (κ2) is 7.77. The molecule has 1 unspecified atom stereocenters. The summed E-state index contributed by atoms with van der Waals surface area (Å²) < 4.78 is 25.3. The first-order valence-corrected chi connectivity index (χ1v) is 9.24. The number of carbonyl (C=O) groups is 1. The van der Waals surface area contributed by atoms with Crippen molar-refractivity contribution in [2.75, 3.05) is 14.1 Å². The highest BCUT2D eigenvalue weighted by Gasteiger charge is 2.17. The van der Waals surface area contributed by atoms with Crippen LogP contribution < -0.4 is 5.32 Å². The topological polar surface area (TPSA) is 86.7 Å². The number of sulfonamides is 1. The van der Waals surface area contributed by atoms with E-state index in [0.29, 0.717) is 6.54 Å². The number of nitrogens with zero attached hydrogens (tertiary/aromatic N) is 1. The van der Waals surface area contributed by atoms with Crippen LogP contribution in [0.4, 0.5) is 0 Å². The van der Waals surface area contributed by atoms with Crippen LogP contribution in [0.3, 0.4) is 0 Å². The summed E-state index contributed by atoms with van der Waals surface area (Å²) in [5.41, 5.74) is 2.08. The molecular weight excluding hydrogens is 340 g/mol. The standard InChI is InChI=1S/C18H22N2O4S/c1-13(19-12-14-5-4-6-16(11-14)18(21)22)15-7-9-17(10-8-15)25(23,24)20(2)3/h4-11,13,19H,12H2,1-3H3,(H,21,22). The molecule has 0 aliphatic carbocycles. The van der Waals surface area contributed by atoms with Gasteiger partial charge in [0.15, 0.2) is 0 Å². The van der Waals surface area contributed by atoms with E-state index in [1.165, 1.54) is 18.4 Å². The zero-order valence-corrected chi connectivity index (χ0v) is 15.2. The molecule has 6 nitrogen and oxygen atoms in total. The fourth-order valence-electron chi connectivity index (χ4n) is 2.34. The Labute approximate surface area is 148 Å². The largest absolute Gasteiger partial charge is 0.478 e. The Hall–Kier alpha value is -2.22. The lowest BCUT2D eigenvalue weighted by atomic mass is 10.1. The first-order valence-electron chi connectivity index (χ1n) is 7.80. The van der Waals surface area contributed by atoms with Crippen molar-refractivity contribution in [2.24, 2.45) is 0 Å². The van der Waals surface area contributed by atoms with E-state index in [-0.39, 0.29) is 16.5 Å². The van der Waals surface area contributed by atoms with Crippen LogP contribution in [0, 0.1) is 0 Å². The fraction of sp³-hybridized carbons (Fsp3) is 0.278. The molecule has 0 spiro atoms. The summed E-state index contributed by atoms with van der Waals surface area (Å²) in [6.07, 6.45) is 0. The number of benzene rings is 2. The van der Waals surface area contributed by atoms with Crippen LogP contribution in [0.15, 0.2) is 53.4 Å². The van der Waals surface area contributed by atoms with Gasteiger partial charge in [-0.25, -0.2) is 17.5 Å². The fourth-order valence-corrected chi connectivity index (χ4v) is 3.24. The third-order valence-electron chi connectivity index (χ3n) is 3.94. The van der Waals surface area contributed by atoms with Crippen molar-refractivity contribution in [1.82, 2.24) is 9.62 Å². The molecule has 2 rings (SSSR count). The molecular formula is C18H22N2O4S. The van der Waals surface area contributed by atoms with Gasteiger partial charge in [-0.3, -0.25) is 0 Å². The van der Waals surface area contributed by atoms with Gasteiger partial charge >= 0.3 is 5.97 Å². The Morgan fingerprint density at radius 3 is 2.36 bits per heavy atom. The third kappa shape index (κ3) is 4.66. The van der Waals surface area contributed by atoms with Gasteiger partial charge in [-0.05, 0) is 42.3 Å². The monoisotopic (exact) mass is 362 g/mol. The molecule has 2 N–H and O–H groups in total. The minimum Gasteiger partial charge on any atom is -0.478 e. The minimum atomic E-state index is -3.43. The Morgan fingerprint density at radius 2 is 1.80 bits per heavy atom. The lowest BCUT2D eigenvalue weighted by Crippen LogP contribution is -2.22. The molecule has 0 radical (unpaired) electrons. The van der Waals surface area contributed by atoms with E-state index >= 15 is 0 Å². The van der Waals surface area contributed by atoms with Crippen LogP contribution in [-0.2, 0) is 16.6 Å². The quantitative estimate of drug-likeness (QED) is 0.790. The molecule has 0 aromatic heterocycles. The number of aromatic carboxylic acids is 1. The van der Waals surface area contributed by atoms with Gasteiger partial charge in [-0.2, -0.15) is 0 Å². The molecule has 0 saturated carbocycles. The van der Waals surface area contributed by atoms with Crippen LogP contribution in [-0.4, -0.2) is 37.9 Å². The van der Waals surface area contributed by atoms with Crippen molar-refractivity contribution in [3.63, 3.8) is 0 Å². The second-order valence-electron chi connectivity index (χ2n) is 5.96. The highest BCUT2D eigenvalue weighted by atomic mass is 32.2. The lowest BCUT2D eigenvalue weighted by molar-refractivity contribution is 0.0696. The Kier molecular flexibility index (Phi) is 5.94. The summed E-state index contributed by atoms with van der Waals surface area (Å²) in [5, 5.41) is 12.3. The zero-order chi connectivity index (χ0) is 18.6. The SMILES string of the molecule is CC(NCc1cccc(C(=O)O)c1)c1ccc(S(=O)(=O)N(C)C)cc1. The summed E-state index contributed by atoms with van der Waals surface area (Å²) in [5.74, 6) is -0.951. The van der Waals surface area contributed by atoms with Crippen molar-refractivity contribution in [1.29, 1.82) is 0 Å². The van der Waals surface area contributed by atoms with Crippen LogP contribution in [0.2, 0.25) is 0 Å². The second-order valence-corrected chi connectivity index (χ2v) is 8.12. The molecule has 0 aliphatic rings. The Balaban J connectivity index is 2.05. The van der Waals surface area contributed by atoms with Crippen LogP contribution in [0.25, 0.3) is 0 Å². The van der Waals surface area contributed by atoms with E-state index in [4.69, 9.17) is 5.11 Å². The van der Waals surface area contributed by atoms with Gasteiger partial charge < -0.3 is 10.4 Å². The van der Waals surface area contributed by atoms with E-state index in [1.807, 2.05) is 13.0 Å². The van der Waals surface area contributed by atoms with Crippen molar-refractivity contribution >= 4 is 16.0 Å². The highest BCUT2D eigenvalue weighted by molar-refractivity contribution is 7.89. The lowest BCUT2D eigenvalue weighted by Gasteiger charge is -2.16. The Morgan fingerprint density at radius 1 is 1.16 bits per heavy atom. The smallest absolute Gasteiger partial charge is 0.335 e. The van der Waals surface area contributed by atoms with Gasteiger partial charge in [0, 0.05) is 26.7 Å². The molecule has 25 heavy (non-hydrogen) atoms. The van der Waals surface area contributed by atoms with E-state index in [0.717, 1.165) is 11.1 Å². The van der Waals surface area contributed by atoms with Crippen LogP contribution >= 0.6 is 0 Å². The van der Waals surface area contributed by atoms with Gasteiger partial charge in [0.25, 0.3) is 0 Å².